The van der Waals surface area contributed by atoms with Crippen LogP contribution in [0.15, 0.2) is 0 Å². The first-order valence-corrected chi connectivity index (χ1v) is 24.4. The predicted octanol–water partition coefficient (Wildman–Crippen LogP) is 13.2. The minimum atomic E-state index is -4.32. The van der Waals surface area contributed by atoms with Crippen LogP contribution in [0.4, 0.5) is 0 Å². The number of carbonyl (C=O) groups is 2. The molecule has 0 radical (unpaired) electrons. The third kappa shape index (κ3) is 42.2. The van der Waals surface area contributed by atoms with Crippen LogP contribution in [0.1, 0.15) is 239 Å². The van der Waals surface area contributed by atoms with Crippen molar-refractivity contribution in [2.45, 2.75) is 245 Å². The third-order valence-corrected chi connectivity index (χ3v) is 11.3. The van der Waals surface area contributed by atoms with Gasteiger partial charge in [-0.3, -0.25) is 18.6 Å². The summed E-state index contributed by atoms with van der Waals surface area (Å²) in [7, 11) is -4.32. The third-order valence-electron chi connectivity index (χ3n) is 10.3. The fraction of sp³-hybridized carbons (Fsp3) is 0.955. The summed E-state index contributed by atoms with van der Waals surface area (Å²) < 4.78 is 31.4. The topological polar surface area (TPSA) is 134 Å². The highest BCUT2D eigenvalue weighted by Crippen LogP contribution is 2.43. The summed E-state index contributed by atoms with van der Waals surface area (Å²) in [5.74, 6) is -1.01. The van der Waals surface area contributed by atoms with Gasteiger partial charge in [0.25, 0.3) is 0 Å². The number of phosphoric ester groups is 1. The first-order valence-electron chi connectivity index (χ1n) is 23.0. The van der Waals surface area contributed by atoms with Gasteiger partial charge in [0, 0.05) is 19.9 Å². The summed E-state index contributed by atoms with van der Waals surface area (Å²) >= 11 is 0. The van der Waals surface area contributed by atoms with Gasteiger partial charge in [-0.15, -0.1) is 0 Å². The van der Waals surface area contributed by atoms with Crippen LogP contribution in [0.2, 0.25) is 0 Å². The van der Waals surface area contributed by atoms with Gasteiger partial charge < -0.3 is 20.1 Å². The fourth-order valence-electron chi connectivity index (χ4n) is 6.99. The lowest BCUT2D eigenvalue weighted by atomic mass is 10.0. The Morgan fingerprint density at radius 3 is 1.13 bits per heavy atom. The van der Waals surface area contributed by atoms with Crippen molar-refractivity contribution >= 4 is 19.8 Å². The molecule has 0 aliphatic heterocycles. The van der Waals surface area contributed by atoms with E-state index in [9.17, 15) is 19.0 Å². The van der Waals surface area contributed by atoms with E-state index in [2.05, 4.69) is 11.4 Å². The number of ether oxygens (including phenoxy) is 2. The zero-order chi connectivity index (χ0) is 39.6. The van der Waals surface area contributed by atoms with E-state index in [4.69, 9.17) is 19.7 Å². The van der Waals surface area contributed by atoms with Crippen molar-refractivity contribution < 1.29 is 37.6 Å². The first-order chi connectivity index (χ1) is 26.3. The molecule has 1 unspecified atom stereocenters. The summed E-state index contributed by atoms with van der Waals surface area (Å²) in [6.45, 7) is 2.70. The molecule has 322 valence electrons. The van der Waals surface area contributed by atoms with Crippen LogP contribution in [0.5, 0.6) is 0 Å². The Balaban J connectivity index is 3.37. The molecule has 0 spiro atoms. The SMILES string of the molecule is CCCCCCCCCCCCCCCCCCCCCCCCCCCCCCCCCCCCC(=O)OC[C@H](COP(=O)(O)OCCN)OC(C)=O. The second-order valence-electron chi connectivity index (χ2n) is 15.7. The molecule has 0 saturated carbocycles. The van der Waals surface area contributed by atoms with Crippen molar-refractivity contribution in [1.29, 1.82) is 0 Å². The van der Waals surface area contributed by atoms with E-state index in [0.717, 1.165) is 19.3 Å². The molecule has 0 aromatic heterocycles. The molecular weight excluding hydrogens is 701 g/mol. The van der Waals surface area contributed by atoms with Crippen LogP contribution >= 0.6 is 7.82 Å². The quantitative estimate of drug-likeness (QED) is 0.0351. The summed E-state index contributed by atoms with van der Waals surface area (Å²) in [4.78, 5) is 33.0. The largest absolute Gasteiger partial charge is 0.472 e. The summed E-state index contributed by atoms with van der Waals surface area (Å²) in [5, 5.41) is 0. The van der Waals surface area contributed by atoms with Gasteiger partial charge in [0.15, 0.2) is 6.10 Å². The molecule has 0 amide bonds. The van der Waals surface area contributed by atoms with Crippen molar-refractivity contribution in [2.75, 3.05) is 26.4 Å². The van der Waals surface area contributed by atoms with Crippen LogP contribution in [-0.4, -0.2) is 49.3 Å². The number of carbonyl (C=O) groups excluding carboxylic acids is 2. The van der Waals surface area contributed by atoms with Gasteiger partial charge in [-0.25, -0.2) is 4.57 Å². The van der Waals surface area contributed by atoms with Gasteiger partial charge in [0.05, 0.1) is 13.2 Å². The lowest BCUT2D eigenvalue weighted by Crippen LogP contribution is -2.28. The normalized spacial score (nSPS) is 13.2. The fourth-order valence-corrected chi connectivity index (χ4v) is 7.76. The number of nitrogens with two attached hydrogens (primary N) is 1. The standard InChI is InChI=1S/C44H88NO8P/c1-3-4-5-6-7-8-9-10-11-12-13-14-15-16-17-18-19-20-21-22-23-24-25-26-27-28-29-30-31-32-33-34-35-36-37-44(47)50-40-43(53-42(2)46)41-52-54(48,49)51-39-38-45/h43H,3-41,45H2,1-2H3,(H,48,49)/t43-/m1/s1. The number of unbranched alkanes of at least 4 members (excludes halogenated alkanes) is 33. The van der Waals surface area contributed by atoms with Gasteiger partial charge in [0.2, 0.25) is 0 Å². The van der Waals surface area contributed by atoms with Gasteiger partial charge in [-0.05, 0) is 6.42 Å². The van der Waals surface area contributed by atoms with E-state index < -0.39 is 32.5 Å². The second-order valence-corrected chi connectivity index (χ2v) is 17.2. The lowest BCUT2D eigenvalue weighted by molar-refractivity contribution is -0.159. The highest BCUT2D eigenvalue weighted by Gasteiger charge is 2.25. The maximum Gasteiger partial charge on any atom is 0.472 e. The van der Waals surface area contributed by atoms with Gasteiger partial charge in [0.1, 0.15) is 6.61 Å². The molecule has 54 heavy (non-hydrogen) atoms. The van der Waals surface area contributed by atoms with E-state index in [0.29, 0.717) is 0 Å². The molecule has 10 heteroatoms. The molecule has 0 aromatic rings. The molecule has 3 N–H and O–H groups in total. The minimum absolute atomic E-state index is 0.0542. The molecule has 0 aliphatic rings. The van der Waals surface area contributed by atoms with Crippen LogP contribution in [0.25, 0.3) is 0 Å². The Labute approximate surface area is 333 Å². The zero-order valence-electron chi connectivity index (χ0n) is 35.5. The Bertz CT molecular complexity index is 860. The molecule has 9 nitrogen and oxygen atoms in total. The highest BCUT2D eigenvalue weighted by atomic mass is 31.2. The summed E-state index contributed by atoms with van der Waals surface area (Å²) in [6, 6.07) is 0. The van der Waals surface area contributed by atoms with Crippen molar-refractivity contribution in [1.82, 2.24) is 0 Å². The van der Waals surface area contributed by atoms with Crippen LogP contribution < -0.4 is 5.73 Å². The molecule has 0 bridgehead atoms. The number of hydrogen-bond acceptors (Lipinski definition) is 8. The van der Waals surface area contributed by atoms with Crippen molar-refractivity contribution in [2.24, 2.45) is 5.73 Å². The molecule has 0 fully saturated rings. The number of rotatable bonds is 44. The van der Waals surface area contributed by atoms with Crippen LogP contribution in [0, 0.1) is 0 Å². The smallest absolute Gasteiger partial charge is 0.462 e. The first kappa shape index (κ1) is 53.0. The molecule has 0 saturated heterocycles. The highest BCUT2D eigenvalue weighted by molar-refractivity contribution is 7.47. The molecule has 0 rings (SSSR count). The van der Waals surface area contributed by atoms with Crippen LogP contribution in [-0.2, 0) is 32.7 Å². The van der Waals surface area contributed by atoms with Gasteiger partial charge in [-0.1, -0.05) is 219 Å². The second kappa shape index (κ2) is 41.6. The monoisotopic (exact) mass is 790 g/mol. The number of hydrogen-bond donors (Lipinski definition) is 2. The molecule has 2 atom stereocenters. The van der Waals surface area contributed by atoms with E-state index >= 15 is 0 Å². The van der Waals surface area contributed by atoms with E-state index in [-0.39, 0.29) is 26.2 Å². The lowest BCUT2D eigenvalue weighted by Gasteiger charge is -2.19. The minimum Gasteiger partial charge on any atom is -0.462 e. The summed E-state index contributed by atoms with van der Waals surface area (Å²) in [5.41, 5.74) is 5.25. The Morgan fingerprint density at radius 1 is 0.519 bits per heavy atom. The maximum atomic E-state index is 12.1. The molecule has 0 heterocycles. The molecular formula is C44H88NO8P. The Kier molecular flexibility index (Phi) is 40.9. The van der Waals surface area contributed by atoms with Crippen molar-refractivity contribution in [3.05, 3.63) is 0 Å². The van der Waals surface area contributed by atoms with E-state index in [1.165, 1.54) is 206 Å². The zero-order valence-corrected chi connectivity index (χ0v) is 36.4. The Morgan fingerprint density at radius 2 is 0.833 bits per heavy atom. The van der Waals surface area contributed by atoms with E-state index in [1.54, 1.807) is 0 Å². The van der Waals surface area contributed by atoms with Crippen molar-refractivity contribution in [3.63, 3.8) is 0 Å². The van der Waals surface area contributed by atoms with Gasteiger partial charge in [-0.2, -0.15) is 0 Å². The Hall–Kier alpha value is -0.990. The molecule has 0 aromatic carbocycles. The van der Waals surface area contributed by atoms with Crippen LogP contribution in [0.3, 0.4) is 0 Å². The average Bonchev–Trinajstić information content (AvgIpc) is 3.15. The number of esters is 2. The molecule has 0 aliphatic carbocycles. The maximum absolute atomic E-state index is 12.1. The summed E-state index contributed by atoms with van der Waals surface area (Å²) in [6.07, 6.45) is 45.9. The average molecular weight is 790 g/mol. The predicted molar refractivity (Wildman–Crippen MR) is 225 cm³/mol. The van der Waals surface area contributed by atoms with Crippen molar-refractivity contribution in [3.8, 4) is 0 Å². The van der Waals surface area contributed by atoms with Gasteiger partial charge >= 0.3 is 19.8 Å². The number of phosphoric acid groups is 1. The van der Waals surface area contributed by atoms with E-state index in [1.807, 2.05) is 0 Å².